The fraction of sp³-hybridized carbons (Fsp3) is 0.667. The lowest BCUT2D eigenvalue weighted by Gasteiger charge is -2.14. The second-order valence-corrected chi connectivity index (χ2v) is 5.53. The van der Waals surface area contributed by atoms with E-state index in [2.05, 4.69) is 5.10 Å². The number of methoxy groups -OCH3 is 1. The second kappa shape index (κ2) is 6.10. The van der Waals surface area contributed by atoms with Crippen LogP contribution < -0.4 is 0 Å². The summed E-state index contributed by atoms with van der Waals surface area (Å²) in [5.41, 5.74) is 0. The van der Waals surface area contributed by atoms with E-state index in [4.69, 9.17) is 9.84 Å². The number of sulfonamides is 1. The number of nitrogens with zero attached hydrogens (tertiary/aromatic N) is 3. The minimum absolute atomic E-state index is 0.0827. The molecule has 0 saturated carbocycles. The largest absolute Gasteiger partial charge is 0.394 e. The first-order valence-electron chi connectivity index (χ1n) is 5.11. The summed E-state index contributed by atoms with van der Waals surface area (Å²) in [6.07, 6.45) is 2.67. The van der Waals surface area contributed by atoms with Crippen molar-refractivity contribution in [1.82, 2.24) is 14.1 Å². The summed E-state index contributed by atoms with van der Waals surface area (Å²) in [7, 11) is -0.523. The Morgan fingerprint density at radius 3 is 2.88 bits per heavy atom. The zero-order chi connectivity index (χ0) is 12.9. The summed E-state index contributed by atoms with van der Waals surface area (Å²) in [6.45, 7) is 0.808. The Morgan fingerprint density at radius 2 is 2.29 bits per heavy atom. The number of rotatable bonds is 7. The van der Waals surface area contributed by atoms with Crippen molar-refractivity contribution in [3.63, 3.8) is 0 Å². The molecule has 0 spiro atoms. The molecule has 1 heterocycles. The van der Waals surface area contributed by atoms with Crippen LogP contribution in [0.5, 0.6) is 0 Å². The van der Waals surface area contributed by atoms with Gasteiger partial charge in [0, 0.05) is 26.9 Å². The Balaban J connectivity index is 2.81. The molecule has 0 aliphatic rings. The number of hydrogen-bond acceptors (Lipinski definition) is 5. The average molecular weight is 263 g/mol. The summed E-state index contributed by atoms with van der Waals surface area (Å²) in [6, 6.07) is 0. The van der Waals surface area contributed by atoms with Gasteiger partial charge in [-0.05, 0) is 0 Å². The van der Waals surface area contributed by atoms with E-state index in [-0.39, 0.29) is 24.6 Å². The average Bonchev–Trinajstić information content (AvgIpc) is 2.75. The molecule has 0 bridgehead atoms. The van der Waals surface area contributed by atoms with Gasteiger partial charge in [0.2, 0.25) is 10.0 Å². The molecule has 0 amide bonds. The third-order valence-corrected chi connectivity index (χ3v) is 4.07. The van der Waals surface area contributed by atoms with Crippen LogP contribution in [-0.2, 0) is 21.3 Å². The molecular formula is C9H17N3O4S. The number of aromatic nitrogens is 2. The minimum Gasteiger partial charge on any atom is -0.394 e. The van der Waals surface area contributed by atoms with Gasteiger partial charge in [0.15, 0.2) is 0 Å². The summed E-state index contributed by atoms with van der Waals surface area (Å²) in [4.78, 5) is 0.115. The lowest BCUT2D eigenvalue weighted by Crippen LogP contribution is -2.29. The number of likely N-dealkylation sites (N-methyl/N-ethyl adjacent to an activating group) is 1. The molecule has 1 rings (SSSR count). The maximum absolute atomic E-state index is 12.0. The number of aliphatic hydroxyl groups is 1. The van der Waals surface area contributed by atoms with Gasteiger partial charge in [-0.25, -0.2) is 8.42 Å². The SMILES string of the molecule is COCCN(C)S(=O)(=O)c1cnn(CCO)c1. The highest BCUT2D eigenvalue weighted by molar-refractivity contribution is 7.89. The highest BCUT2D eigenvalue weighted by Gasteiger charge is 2.22. The Kier molecular flexibility index (Phi) is 5.06. The topological polar surface area (TPSA) is 84.7 Å². The van der Waals surface area contributed by atoms with Crippen LogP contribution in [0.4, 0.5) is 0 Å². The van der Waals surface area contributed by atoms with Crippen molar-refractivity contribution in [2.24, 2.45) is 0 Å². The molecule has 0 unspecified atom stereocenters. The van der Waals surface area contributed by atoms with Crippen molar-refractivity contribution in [3.8, 4) is 0 Å². The van der Waals surface area contributed by atoms with Gasteiger partial charge in [0.25, 0.3) is 0 Å². The van der Waals surface area contributed by atoms with Gasteiger partial charge >= 0.3 is 0 Å². The van der Waals surface area contributed by atoms with E-state index < -0.39 is 10.0 Å². The Morgan fingerprint density at radius 1 is 1.59 bits per heavy atom. The van der Waals surface area contributed by atoms with Crippen LogP contribution in [0.2, 0.25) is 0 Å². The number of hydrogen-bond donors (Lipinski definition) is 1. The van der Waals surface area contributed by atoms with Crippen molar-refractivity contribution in [3.05, 3.63) is 12.4 Å². The molecule has 7 nitrogen and oxygen atoms in total. The predicted octanol–water partition coefficient (Wildman–Crippen LogP) is -0.858. The molecule has 0 aliphatic heterocycles. The Bertz CT molecular complexity index is 443. The van der Waals surface area contributed by atoms with Crippen molar-refractivity contribution < 1.29 is 18.3 Å². The van der Waals surface area contributed by atoms with E-state index in [1.165, 1.54) is 35.5 Å². The Hall–Kier alpha value is -0.960. The van der Waals surface area contributed by atoms with Crippen LogP contribution in [0.25, 0.3) is 0 Å². The monoisotopic (exact) mass is 263 g/mol. The first kappa shape index (κ1) is 14.1. The molecule has 1 aromatic rings. The number of aliphatic hydroxyl groups excluding tert-OH is 1. The van der Waals surface area contributed by atoms with E-state index in [0.717, 1.165) is 0 Å². The van der Waals surface area contributed by atoms with Gasteiger partial charge in [-0.2, -0.15) is 9.40 Å². The predicted molar refractivity (Wildman–Crippen MR) is 61.0 cm³/mol. The van der Waals surface area contributed by atoms with E-state index in [9.17, 15) is 8.42 Å². The first-order valence-corrected chi connectivity index (χ1v) is 6.55. The third-order valence-electron chi connectivity index (χ3n) is 2.26. The van der Waals surface area contributed by atoms with Crippen LogP contribution in [-0.4, -0.2) is 61.5 Å². The smallest absolute Gasteiger partial charge is 0.246 e. The van der Waals surface area contributed by atoms with Gasteiger partial charge in [-0.15, -0.1) is 0 Å². The molecule has 0 radical (unpaired) electrons. The third kappa shape index (κ3) is 3.50. The van der Waals surface area contributed by atoms with E-state index in [1.54, 1.807) is 0 Å². The van der Waals surface area contributed by atoms with Crippen LogP contribution in [0, 0.1) is 0 Å². The zero-order valence-corrected chi connectivity index (χ0v) is 10.7. The van der Waals surface area contributed by atoms with Crippen LogP contribution in [0.15, 0.2) is 17.3 Å². The van der Waals surface area contributed by atoms with Crippen molar-refractivity contribution in [1.29, 1.82) is 0 Å². The van der Waals surface area contributed by atoms with Crippen LogP contribution in [0.3, 0.4) is 0 Å². The summed E-state index contributed by atoms with van der Waals surface area (Å²) < 4.78 is 31.4. The molecule has 0 atom stereocenters. The summed E-state index contributed by atoms with van der Waals surface area (Å²) in [5, 5.41) is 12.6. The van der Waals surface area contributed by atoms with Gasteiger partial charge in [-0.1, -0.05) is 0 Å². The maximum Gasteiger partial charge on any atom is 0.246 e. The van der Waals surface area contributed by atoms with Gasteiger partial charge in [0.1, 0.15) is 4.90 Å². The first-order chi connectivity index (χ1) is 8.02. The molecule has 98 valence electrons. The molecule has 8 heteroatoms. The molecule has 1 aromatic heterocycles. The quantitative estimate of drug-likeness (QED) is 0.692. The van der Waals surface area contributed by atoms with Crippen molar-refractivity contribution in [2.75, 3.05) is 33.9 Å². The molecule has 0 aliphatic carbocycles. The fourth-order valence-electron chi connectivity index (χ4n) is 1.22. The van der Waals surface area contributed by atoms with Gasteiger partial charge in [-0.3, -0.25) is 4.68 Å². The van der Waals surface area contributed by atoms with Crippen molar-refractivity contribution >= 4 is 10.0 Å². The van der Waals surface area contributed by atoms with Crippen LogP contribution in [0.1, 0.15) is 0 Å². The second-order valence-electron chi connectivity index (χ2n) is 3.48. The normalized spacial score (nSPS) is 12.2. The summed E-state index contributed by atoms with van der Waals surface area (Å²) >= 11 is 0. The zero-order valence-electron chi connectivity index (χ0n) is 9.90. The highest BCUT2D eigenvalue weighted by atomic mass is 32.2. The van der Waals surface area contributed by atoms with Crippen LogP contribution >= 0.6 is 0 Å². The lowest BCUT2D eigenvalue weighted by molar-refractivity contribution is 0.185. The maximum atomic E-state index is 12.0. The summed E-state index contributed by atoms with van der Waals surface area (Å²) in [5.74, 6) is 0. The molecule has 0 fully saturated rings. The Labute approximate surface area is 101 Å². The minimum atomic E-state index is -3.52. The molecule has 0 saturated heterocycles. The van der Waals surface area contributed by atoms with Gasteiger partial charge < -0.3 is 9.84 Å². The van der Waals surface area contributed by atoms with Crippen molar-refractivity contribution in [2.45, 2.75) is 11.4 Å². The lowest BCUT2D eigenvalue weighted by atomic mass is 10.7. The standard InChI is InChI=1S/C9H17N3O4S/c1-11(4-6-16-2)17(14,15)9-7-10-12(8-9)3-5-13/h7-8,13H,3-6H2,1-2H3. The van der Waals surface area contributed by atoms with E-state index in [0.29, 0.717) is 6.61 Å². The highest BCUT2D eigenvalue weighted by Crippen LogP contribution is 2.12. The molecule has 0 aromatic carbocycles. The molecular weight excluding hydrogens is 246 g/mol. The van der Waals surface area contributed by atoms with Gasteiger partial charge in [0.05, 0.1) is 26.0 Å². The van der Waals surface area contributed by atoms with E-state index in [1.807, 2.05) is 0 Å². The fourth-order valence-corrected chi connectivity index (χ4v) is 2.33. The number of ether oxygens (including phenoxy) is 1. The molecule has 17 heavy (non-hydrogen) atoms. The molecule has 1 N–H and O–H groups in total. The van der Waals surface area contributed by atoms with E-state index >= 15 is 0 Å².